The van der Waals surface area contributed by atoms with Crippen LogP contribution in [-0.2, 0) is 4.79 Å². The van der Waals surface area contributed by atoms with Crippen molar-refractivity contribution in [2.75, 3.05) is 18.4 Å². The minimum absolute atomic E-state index is 0.00547. The maximum Gasteiger partial charge on any atom is 0.253 e. The van der Waals surface area contributed by atoms with E-state index < -0.39 is 5.82 Å². The number of anilines is 1. The van der Waals surface area contributed by atoms with E-state index in [1.165, 1.54) is 30.3 Å². The molecule has 3 rings (SSSR count). The van der Waals surface area contributed by atoms with Crippen LogP contribution in [0.1, 0.15) is 23.2 Å². The molecule has 25 heavy (non-hydrogen) atoms. The Morgan fingerprint density at radius 1 is 1.12 bits per heavy atom. The minimum Gasteiger partial charge on any atom is -0.506 e. The third-order valence-corrected chi connectivity index (χ3v) is 4.33. The van der Waals surface area contributed by atoms with Crippen molar-refractivity contribution in [1.29, 1.82) is 0 Å². The zero-order chi connectivity index (χ0) is 17.8. The molecule has 1 atom stereocenters. The molecule has 0 spiro atoms. The fourth-order valence-electron chi connectivity index (χ4n) is 2.96. The second-order valence-corrected chi connectivity index (χ2v) is 6.10. The zero-order valence-electron chi connectivity index (χ0n) is 13.6. The lowest BCUT2D eigenvalue weighted by molar-refractivity contribution is -0.121. The Bertz CT molecular complexity index is 776. The summed E-state index contributed by atoms with van der Waals surface area (Å²) in [6.45, 7) is 0.867. The van der Waals surface area contributed by atoms with E-state index in [-0.39, 0.29) is 23.5 Å². The number of halogens is 1. The van der Waals surface area contributed by atoms with Gasteiger partial charge in [-0.1, -0.05) is 12.1 Å². The number of benzene rings is 2. The number of carbonyl (C=O) groups is 2. The molecule has 0 bridgehead atoms. The second-order valence-electron chi connectivity index (χ2n) is 6.10. The van der Waals surface area contributed by atoms with E-state index in [2.05, 4.69) is 5.32 Å². The van der Waals surface area contributed by atoms with E-state index in [1.807, 2.05) is 0 Å². The van der Waals surface area contributed by atoms with Gasteiger partial charge in [0.2, 0.25) is 5.91 Å². The van der Waals surface area contributed by atoms with Gasteiger partial charge in [0.15, 0.2) is 0 Å². The summed E-state index contributed by atoms with van der Waals surface area (Å²) in [7, 11) is 0. The monoisotopic (exact) mass is 342 g/mol. The lowest BCUT2D eigenvalue weighted by atomic mass is 9.96. The number of rotatable bonds is 3. The molecule has 5 nitrogen and oxygen atoms in total. The second kappa shape index (κ2) is 7.34. The lowest BCUT2D eigenvalue weighted by Crippen LogP contribution is -2.43. The van der Waals surface area contributed by atoms with E-state index >= 15 is 0 Å². The highest BCUT2D eigenvalue weighted by Gasteiger charge is 2.29. The molecule has 0 saturated carbocycles. The fraction of sp³-hybridized carbons (Fsp3) is 0.263. The first-order valence-corrected chi connectivity index (χ1v) is 8.18. The number of nitrogens with zero attached hydrogens (tertiary/aromatic N) is 1. The summed E-state index contributed by atoms with van der Waals surface area (Å²) in [5.74, 6) is -1.17. The number of para-hydroxylation sites is 2. The molecule has 2 aromatic rings. The van der Waals surface area contributed by atoms with Crippen LogP contribution >= 0.6 is 0 Å². The SMILES string of the molecule is O=C(Nc1ccccc1O)C1CCCN(C(=O)c2ccc(F)cc2)C1. The van der Waals surface area contributed by atoms with Crippen LogP contribution in [0.3, 0.4) is 0 Å². The molecule has 0 radical (unpaired) electrons. The van der Waals surface area contributed by atoms with Crippen molar-refractivity contribution in [3.8, 4) is 5.75 Å². The van der Waals surface area contributed by atoms with Gasteiger partial charge in [-0.15, -0.1) is 0 Å². The summed E-state index contributed by atoms with van der Waals surface area (Å²) in [4.78, 5) is 26.6. The Kier molecular flexibility index (Phi) is 4.97. The van der Waals surface area contributed by atoms with Crippen molar-refractivity contribution < 1.29 is 19.1 Å². The largest absolute Gasteiger partial charge is 0.506 e. The number of hydrogen-bond acceptors (Lipinski definition) is 3. The predicted molar refractivity (Wildman–Crippen MR) is 91.8 cm³/mol. The number of phenolic OH excluding ortho intramolecular Hbond substituents is 1. The maximum atomic E-state index is 13.0. The molecule has 2 N–H and O–H groups in total. The van der Waals surface area contributed by atoms with Gasteiger partial charge in [-0.3, -0.25) is 9.59 Å². The van der Waals surface area contributed by atoms with E-state index in [1.54, 1.807) is 23.1 Å². The Morgan fingerprint density at radius 3 is 2.56 bits per heavy atom. The van der Waals surface area contributed by atoms with E-state index in [0.717, 1.165) is 0 Å². The number of carbonyl (C=O) groups excluding carboxylic acids is 2. The van der Waals surface area contributed by atoms with E-state index in [4.69, 9.17) is 0 Å². The van der Waals surface area contributed by atoms with Crippen LogP contribution in [-0.4, -0.2) is 34.9 Å². The topological polar surface area (TPSA) is 69.6 Å². The van der Waals surface area contributed by atoms with Gasteiger partial charge < -0.3 is 15.3 Å². The van der Waals surface area contributed by atoms with Crippen LogP contribution in [0.4, 0.5) is 10.1 Å². The normalized spacial score (nSPS) is 17.2. The minimum atomic E-state index is -0.393. The Labute approximate surface area is 145 Å². The fourth-order valence-corrected chi connectivity index (χ4v) is 2.96. The first-order chi connectivity index (χ1) is 12.0. The van der Waals surface area contributed by atoms with Crippen LogP contribution in [0.2, 0.25) is 0 Å². The lowest BCUT2D eigenvalue weighted by Gasteiger charge is -2.32. The molecule has 1 aliphatic heterocycles. The molecule has 1 heterocycles. The molecule has 1 unspecified atom stereocenters. The molecule has 6 heteroatoms. The zero-order valence-corrected chi connectivity index (χ0v) is 13.6. The number of amides is 2. The van der Waals surface area contributed by atoms with Crippen molar-refractivity contribution in [2.24, 2.45) is 5.92 Å². The van der Waals surface area contributed by atoms with Crippen molar-refractivity contribution in [1.82, 2.24) is 4.90 Å². The molecule has 0 aliphatic carbocycles. The van der Waals surface area contributed by atoms with Crippen LogP contribution in [0, 0.1) is 11.7 Å². The predicted octanol–water partition coefficient (Wildman–Crippen LogP) is 3.02. The smallest absolute Gasteiger partial charge is 0.253 e. The molecule has 130 valence electrons. The van der Waals surface area contributed by atoms with Crippen molar-refractivity contribution in [2.45, 2.75) is 12.8 Å². The Morgan fingerprint density at radius 2 is 1.84 bits per heavy atom. The van der Waals surface area contributed by atoms with E-state index in [0.29, 0.717) is 37.2 Å². The first-order valence-electron chi connectivity index (χ1n) is 8.18. The first kappa shape index (κ1) is 17.0. The average Bonchev–Trinajstić information content (AvgIpc) is 2.64. The van der Waals surface area contributed by atoms with Gasteiger partial charge in [0.25, 0.3) is 5.91 Å². The Hall–Kier alpha value is -2.89. The van der Waals surface area contributed by atoms with Gasteiger partial charge >= 0.3 is 0 Å². The summed E-state index contributed by atoms with van der Waals surface area (Å²) in [6, 6.07) is 11.9. The summed E-state index contributed by atoms with van der Waals surface area (Å²) in [6.07, 6.45) is 1.39. The average molecular weight is 342 g/mol. The van der Waals surface area contributed by atoms with Crippen LogP contribution in [0.15, 0.2) is 48.5 Å². The third-order valence-electron chi connectivity index (χ3n) is 4.33. The molecular formula is C19H19FN2O3. The standard InChI is InChI=1S/C19H19FN2O3/c20-15-9-7-13(8-10-15)19(25)22-11-3-4-14(12-22)18(24)21-16-5-1-2-6-17(16)23/h1-2,5-10,14,23H,3-4,11-12H2,(H,21,24). The highest BCUT2D eigenvalue weighted by Crippen LogP contribution is 2.25. The van der Waals surface area contributed by atoms with Crippen molar-refractivity contribution in [3.63, 3.8) is 0 Å². The van der Waals surface area contributed by atoms with Crippen LogP contribution < -0.4 is 5.32 Å². The van der Waals surface area contributed by atoms with Gasteiger partial charge in [-0.2, -0.15) is 0 Å². The third kappa shape index (κ3) is 3.96. The van der Waals surface area contributed by atoms with Crippen LogP contribution in [0.5, 0.6) is 5.75 Å². The molecule has 0 aromatic heterocycles. The van der Waals surface area contributed by atoms with Gasteiger partial charge in [-0.25, -0.2) is 4.39 Å². The molecule has 1 saturated heterocycles. The van der Waals surface area contributed by atoms with Crippen molar-refractivity contribution in [3.05, 3.63) is 59.9 Å². The van der Waals surface area contributed by atoms with Gasteiger partial charge in [0.1, 0.15) is 11.6 Å². The summed E-state index contributed by atoms with van der Waals surface area (Å²) < 4.78 is 13.0. The number of nitrogens with one attached hydrogen (secondary N) is 1. The number of piperidine rings is 1. The highest BCUT2D eigenvalue weighted by molar-refractivity contribution is 5.96. The quantitative estimate of drug-likeness (QED) is 0.843. The molecule has 1 aliphatic rings. The summed E-state index contributed by atoms with van der Waals surface area (Å²) in [5, 5.41) is 12.5. The maximum absolute atomic E-state index is 13.0. The summed E-state index contributed by atoms with van der Waals surface area (Å²) in [5.41, 5.74) is 0.762. The van der Waals surface area contributed by atoms with Crippen LogP contribution in [0.25, 0.3) is 0 Å². The summed E-state index contributed by atoms with van der Waals surface area (Å²) >= 11 is 0. The number of likely N-dealkylation sites (tertiary alicyclic amines) is 1. The Balaban J connectivity index is 1.66. The van der Waals surface area contributed by atoms with Crippen molar-refractivity contribution >= 4 is 17.5 Å². The number of phenols is 1. The molecular weight excluding hydrogens is 323 g/mol. The van der Waals surface area contributed by atoms with Gasteiger partial charge in [-0.05, 0) is 49.2 Å². The van der Waals surface area contributed by atoms with E-state index in [9.17, 15) is 19.1 Å². The highest BCUT2D eigenvalue weighted by atomic mass is 19.1. The number of hydrogen-bond donors (Lipinski definition) is 2. The van der Waals surface area contributed by atoms with Gasteiger partial charge in [0, 0.05) is 18.7 Å². The number of aromatic hydroxyl groups is 1. The van der Waals surface area contributed by atoms with Gasteiger partial charge in [0.05, 0.1) is 11.6 Å². The molecule has 2 amide bonds. The molecule has 1 fully saturated rings. The molecule has 2 aromatic carbocycles.